The number of nitrogens with one attached hydrogen (secondary N) is 2. The van der Waals surface area contributed by atoms with Gasteiger partial charge in [0.05, 0.1) is 6.61 Å². The third-order valence-electron chi connectivity index (χ3n) is 5.44. The lowest BCUT2D eigenvalue weighted by Crippen LogP contribution is -2.48. The largest absolute Gasteiger partial charge is 0.378 e. The molecule has 0 aliphatic carbocycles. The Balaban J connectivity index is 1.58. The SMILES string of the molecule is CCC(C)C(NC(=O)COCc1ccccc1)C(=O)Nc1nnc(-c2ccc(N(C)C)cc2)s1. The van der Waals surface area contributed by atoms with Gasteiger partial charge in [0.1, 0.15) is 17.7 Å². The maximum absolute atomic E-state index is 13.0. The third kappa shape index (κ3) is 7.10. The molecule has 0 aliphatic rings. The minimum absolute atomic E-state index is 0.0657. The number of nitrogens with zero attached hydrogens (tertiary/aromatic N) is 3. The summed E-state index contributed by atoms with van der Waals surface area (Å²) in [5.41, 5.74) is 2.99. The second-order valence-corrected chi connectivity index (χ2v) is 9.23. The van der Waals surface area contributed by atoms with E-state index in [4.69, 9.17) is 4.74 Å². The van der Waals surface area contributed by atoms with Crippen LogP contribution in [-0.2, 0) is 20.9 Å². The number of hydrogen-bond donors (Lipinski definition) is 2. The highest BCUT2D eigenvalue weighted by molar-refractivity contribution is 7.18. The summed E-state index contributed by atoms with van der Waals surface area (Å²) in [6.45, 7) is 4.11. The monoisotopic (exact) mass is 481 g/mol. The van der Waals surface area contributed by atoms with Gasteiger partial charge in [0.15, 0.2) is 0 Å². The van der Waals surface area contributed by atoms with E-state index in [1.165, 1.54) is 11.3 Å². The molecule has 9 heteroatoms. The Bertz CT molecular complexity index is 1070. The van der Waals surface area contributed by atoms with Crippen molar-refractivity contribution in [2.24, 2.45) is 5.92 Å². The number of benzene rings is 2. The van der Waals surface area contributed by atoms with Crippen LogP contribution in [0.2, 0.25) is 0 Å². The Morgan fingerprint density at radius 2 is 1.76 bits per heavy atom. The Morgan fingerprint density at radius 1 is 1.06 bits per heavy atom. The van der Waals surface area contributed by atoms with Crippen LogP contribution < -0.4 is 15.5 Å². The fraction of sp³-hybridized carbons (Fsp3) is 0.360. The van der Waals surface area contributed by atoms with Crippen LogP contribution >= 0.6 is 11.3 Å². The summed E-state index contributed by atoms with van der Waals surface area (Å²) in [6.07, 6.45) is 0.725. The normalized spacial score (nSPS) is 12.6. The standard InChI is InChI=1S/C25H31N5O3S/c1-5-17(2)22(26-21(31)16-33-15-18-9-7-6-8-10-18)23(32)27-25-29-28-24(34-25)19-11-13-20(14-12-19)30(3)4/h6-14,17,22H,5,15-16H2,1-4H3,(H,26,31)(H,27,29,32). The summed E-state index contributed by atoms with van der Waals surface area (Å²) in [5.74, 6) is -0.726. The van der Waals surface area contributed by atoms with Crippen molar-refractivity contribution < 1.29 is 14.3 Å². The van der Waals surface area contributed by atoms with Gasteiger partial charge in [0.25, 0.3) is 0 Å². The van der Waals surface area contributed by atoms with Crippen LogP contribution in [0.15, 0.2) is 54.6 Å². The second-order valence-electron chi connectivity index (χ2n) is 8.25. The molecule has 180 valence electrons. The minimum atomic E-state index is -0.704. The Kier molecular flexibility index (Phi) is 9.12. The van der Waals surface area contributed by atoms with Gasteiger partial charge in [-0.25, -0.2) is 0 Å². The van der Waals surface area contributed by atoms with E-state index in [0.29, 0.717) is 16.7 Å². The van der Waals surface area contributed by atoms with E-state index in [9.17, 15) is 9.59 Å². The van der Waals surface area contributed by atoms with Gasteiger partial charge in [0.2, 0.25) is 16.9 Å². The summed E-state index contributed by atoms with van der Waals surface area (Å²) in [6, 6.07) is 16.9. The van der Waals surface area contributed by atoms with Crippen molar-refractivity contribution in [3.63, 3.8) is 0 Å². The fourth-order valence-corrected chi connectivity index (χ4v) is 3.98. The molecule has 0 bridgehead atoms. The average Bonchev–Trinajstić information content (AvgIpc) is 3.31. The van der Waals surface area contributed by atoms with Crippen LogP contribution in [0, 0.1) is 5.92 Å². The summed E-state index contributed by atoms with van der Waals surface area (Å²) < 4.78 is 5.50. The molecular weight excluding hydrogens is 450 g/mol. The first-order valence-corrected chi connectivity index (χ1v) is 12.0. The van der Waals surface area contributed by atoms with Gasteiger partial charge in [-0.3, -0.25) is 14.9 Å². The first kappa shape index (κ1) is 25.3. The molecular formula is C25H31N5O3S. The summed E-state index contributed by atoms with van der Waals surface area (Å²) in [4.78, 5) is 27.4. The molecule has 8 nitrogen and oxygen atoms in total. The van der Waals surface area contributed by atoms with Crippen molar-refractivity contribution in [2.45, 2.75) is 32.9 Å². The number of ether oxygens (including phenoxy) is 1. The number of hydrogen-bond acceptors (Lipinski definition) is 7. The molecule has 1 heterocycles. The van der Waals surface area contributed by atoms with Gasteiger partial charge >= 0.3 is 0 Å². The van der Waals surface area contributed by atoms with E-state index in [0.717, 1.165) is 23.2 Å². The lowest BCUT2D eigenvalue weighted by molar-refractivity contribution is -0.131. The van der Waals surface area contributed by atoms with Crippen molar-refractivity contribution in [3.8, 4) is 10.6 Å². The summed E-state index contributed by atoms with van der Waals surface area (Å²) in [7, 11) is 3.96. The van der Waals surface area contributed by atoms with Crippen molar-refractivity contribution >= 4 is 34.0 Å². The van der Waals surface area contributed by atoms with Gasteiger partial charge < -0.3 is 15.0 Å². The van der Waals surface area contributed by atoms with Crippen molar-refractivity contribution in [3.05, 3.63) is 60.2 Å². The third-order valence-corrected chi connectivity index (χ3v) is 6.33. The van der Waals surface area contributed by atoms with Crippen LogP contribution in [0.25, 0.3) is 10.6 Å². The fourth-order valence-electron chi connectivity index (χ4n) is 3.23. The van der Waals surface area contributed by atoms with Gasteiger partial charge in [-0.15, -0.1) is 10.2 Å². The van der Waals surface area contributed by atoms with Crippen LogP contribution in [-0.4, -0.2) is 48.8 Å². The molecule has 3 rings (SSSR count). The lowest BCUT2D eigenvalue weighted by atomic mass is 9.98. The number of aromatic nitrogens is 2. The van der Waals surface area contributed by atoms with E-state index in [1.54, 1.807) is 0 Å². The zero-order chi connectivity index (χ0) is 24.5. The Hall–Kier alpha value is -3.30. The number of rotatable bonds is 11. The Morgan fingerprint density at radius 3 is 2.41 bits per heavy atom. The lowest BCUT2D eigenvalue weighted by Gasteiger charge is -2.22. The highest BCUT2D eigenvalue weighted by Gasteiger charge is 2.27. The average molecular weight is 482 g/mol. The molecule has 0 aliphatic heterocycles. The van der Waals surface area contributed by atoms with Crippen molar-refractivity contribution in [2.75, 3.05) is 30.9 Å². The second kappa shape index (κ2) is 12.2. The molecule has 2 atom stereocenters. The van der Waals surface area contributed by atoms with Gasteiger partial charge in [-0.1, -0.05) is 61.9 Å². The zero-order valence-corrected chi connectivity index (χ0v) is 20.8. The number of anilines is 2. The smallest absolute Gasteiger partial charge is 0.249 e. The first-order chi connectivity index (χ1) is 16.4. The maximum atomic E-state index is 13.0. The number of carbonyl (C=O) groups excluding carboxylic acids is 2. The van der Waals surface area contributed by atoms with Gasteiger partial charge in [0, 0.05) is 25.3 Å². The summed E-state index contributed by atoms with van der Waals surface area (Å²) in [5, 5.41) is 15.0. The highest BCUT2D eigenvalue weighted by atomic mass is 32.1. The molecule has 2 amide bonds. The van der Waals surface area contributed by atoms with E-state index in [-0.39, 0.29) is 24.3 Å². The van der Waals surface area contributed by atoms with E-state index in [1.807, 2.05) is 87.4 Å². The molecule has 1 aromatic heterocycles. The van der Waals surface area contributed by atoms with Crippen LogP contribution in [0.5, 0.6) is 0 Å². The molecule has 2 aromatic carbocycles. The topological polar surface area (TPSA) is 96.4 Å². The van der Waals surface area contributed by atoms with Crippen molar-refractivity contribution in [1.29, 1.82) is 0 Å². The van der Waals surface area contributed by atoms with Gasteiger partial charge in [-0.2, -0.15) is 0 Å². The maximum Gasteiger partial charge on any atom is 0.249 e. The van der Waals surface area contributed by atoms with E-state index >= 15 is 0 Å². The predicted octanol–water partition coefficient (Wildman–Crippen LogP) is 3.96. The van der Waals surface area contributed by atoms with E-state index in [2.05, 4.69) is 20.8 Å². The molecule has 3 aromatic rings. The molecule has 0 fully saturated rings. The quantitative estimate of drug-likeness (QED) is 0.430. The van der Waals surface area contributed by atoms with E-state index < -0.39 is 6.04 Å². The minimum Gasteiger partial charge on any atom is -0.378 e. The van der Waals surface area contributed by atoms with Crippen molar-refractivity contribution in [1.82, 2.24) is 15.5 Å². The molecule has 0 saturated carbocycles. The molecule has 34 heavy (non-hydrogen) atoms. The zero-order valence-electron chi connectivity index (χ0n) is 19.9. The predicted molar refractivity (Wildman–Crippen MR) is 136 cm³/mol. The molecule has 0 radical (unpaired) electrons. The summed E-state index contributed by atoms with van der Waals surface area (Å²) >= 11 is 1.29. The van der Waals surface area contributed by atoms with Crippen LogP contribution in [0.1, 0.15) is 25.8 Å². The Labute approximate surface area is 204 Å². The van der Waals surface area contributed by atoms with Crippen LogP contribution in [0.4, 0.5) is 10.8 Å². The highest BCUT2D eigenvalue weighted by Crippen LogP contribution is 2.28. The number of amides is 2. The van der Waals surface area contributed by atoms with Crippen LogP contribution in [0.3, 0.4) is 0 Å². The first-order valence-electron chi connectivity index (χ1n) is 11.2. The molecule has 0 saturated heterocycles. The molecule has 2 N–H and O–H groups in total. The van der Waals surface area contributed by atoms with Gasteiger partial charge in [-0.05, 0) is 35.7 Å². The molecule has 2 unspecified atom stereocenters. The molecule has 0 spiro atoms. The number of carbonyl (C=O) groups is 2.